The molecule has 9 nitrogen and oxygen atoms in total. The number of hydrogen-bond acceptors (Lipinski definition) is 8. The molecule has 2 aromatic rings. The molecule has 0 radical (unpaired) electrons. The first-order valence-corrected chi connectivity index (χ1v) is 11.1. The van der Waals surface area contributed by atoms with E-state index < -0.39 is 31.7 Å². The van der Waals surface area contributed by atoms with Crippen LogP contribution in [0.15, 0.2) is 22.5 Å². The standard InChI is InChI=1S/C17H21N3O6S2/c1-17(2,3)26-16(21)19-8-4-5-12(10-19)28(24,25)15-18-13-9-11(20(22)23)6-7-14(13)27-15/h6-7,9,12H,4-5,8,10H2,1-3H3. The Bertz CT molecular complexity index is 1030. The van der Waals surface area contributed by atoms with E-state index >= 15 is 0 Å². The Morgan fingerprint density at radius 1 is 1.39 bits per heavy atom. The molecular formula is C17H21N3O6S2. The largest absolute Gasteiger partial charge is 0.444 e. The molecule has 0 saturated carbocycles. The van der Waals surface area contributed by atoms with E-state index in [4.69, 9.17) is 4.74 Å². The molecule has 152 valence electrons. The lowest BCUT2D eigenvalue weighted by molar-refractivity contribution is -0.384. The SMILES string of the molecule is CC(C)(C)OC(=O)N1CCCC(S(=O)(=O)c2nc3cc([N+](=O)[O-])ccc3s2)C1. The lowest BCUT2D eigenvalue weighted by Crippen LogP contribution is -2.47. The number of nitrogens with zero attached hydrogens (tertiary/aromatic N) is 3. The van der Waals surface area contributed by atoms with E-state index in [1.165, 1.54) is 23.1 Å². The number of ether oxygens (including phenoxy) is 1. The van der Waals surface area contributed by atoms with Crippen molar-refractivity contribution in [3.05, 3.63) is 28.3 Å². The number of fused-ring (bicyclic) bond motifs is 1. The summed E-state index contributed by atoms with van der Waals surface area (Å²) in [4.78, 5) is 28.2. The fourth-order valence-corrected chi connectivity index (χ4v) is 6.14. The molecule has 1 atom stereocenters. The molecule has 1 fully saturated rings. The molecule has 1 unspecified atom stereocenters. The van der Waals surface area contributed by atoms with Crippen LogP contribution in [0.2, 0.25) is 0 Å². The van der Waals surface area contributed by atoms with Crippen LogP contribution in [0.25, 0.3) is 10.2 Å². The number of thiazole rings is 1. The average molecular weight is 428 g/mol. The Morgan fingerprint density at radius 3 is 2.75 bits per heavy atom. The second-order valence-corrected chi connectivity index (χ2v) is 11.1. The molecule has 3 rings (SSSR count). The third-order valence-corrected chi connectivity index (χ3v) is 7.89. The van der Waals surface area contributed by atoms with Crippen LogP contribution in [-0.2, 0) is 14.6 Å². The zero-order chi connectivity index (χ0) is 20.7. The minimum atomic E-state index is -3.78. The maximum atomic E-state index is 13.1. The summed E-state index contributed by atoms with van der Waals surface area (Å²) < 4.78 is 31.9. The van der Waals surface area contributed by atoms with Crippen molar-refractivity contribution in [2.45, 2.75) is 48.8 Å². The van der Waals surface area contributed by atoms with Crippen molar-refractivity contribution in [2.24, 2.45) is 0 Å². The highest BCUT2D eigenvalue weighted by atomic mass is 32.2. The van der Waals surface area contributed by atoms with Crippen molar-refractivity contribution >= 4 is 43.2 Å². The highest BCUT2D eigenvalue weighted by molar-refractivity contribution is 7.94. The van der Waals surface area contributed by atoms with Crippen LogP contribution in [0, 0.1) is 10.1 Å². The number of hydrogen-bond donors (Lipinski definition) is 0. The van der Waals surface area contributed by atoms with E-state index in [1.807, 2.05) is 0 Å². The predicted octanol–water partition coefficient (Wildman–Crippen LogP) is 3.38. The minimum Gasteiger partial charge on any atom is -0.444 e. The third-order valence-electron chi connectivity index (χ3n) is 4.27. The van der Waals surface area contributed by atoms with E-state index in [0.29, 0.717) is 24.1 Å². The number of rotatable bonds is 3. The van der Waals surface area contributed by atoms with Gasteiger partial charge in [0.1, 0.15) is 5.60 Å². The van der Waals surface area contributed by atoms with Gasteiger partial charge < -0.3 is 9.64 Å². The summed E-state index contributed by atoms with van der Waals surface area (Å²) in [6.07, 6.45) is 0.421. The lowest BCUT2D eigenvalue weighted by Gasteiger charge is -2.33. The van der Waals surface area contributed by atoms with Gasteiger partial charge in [0.05, 0.1) is 20.4 Å². The highest BCUT2D eigenvalue weighted by Gasteiger charge is 2.37. The molecule has 0 bridgehead atoms. The van der Waals surface area contributed by atoms with Gasteiger partial charge in [-0.05, 0) is 39.7 Å². The second kappa shape index (κ2) is 7.28. The van der Waals surface area contributed by atoms with Crippen LogP contribution in [0.4, 0.5) is 10.5 Å². The lowest BCUT2D eigenvalue weighted by atomic mass is 10.1. The van der Waals surface area contributed by atoms with Gasteiger partial charge in [0.2, 0.25) is 14.2 Å². The Labute approximate surface area is 166 Å². The maximum absolute atomic E-state index is 13.1. The normalized spacial score (nSPS) is 18.2. The number of non-ortho nitro benzene ring substituents is 1. The van der Waals surface area contributed by atoms with Gasteiger partial charge >= 0.3 is 6.09 Å². The number of nitro groups is 1. The topological polar surface area (TPSA) is 120 Å². The first kappa shape index (κ1) is 20.5. The summed E-state index contributed by atoms with van der Waals surface area (Å²) in [6, 6.07) is 4.08. The number of amides is 1. The number of carbonyl (C=O) groups is 1. The Hall–Kier alpha value is -2.27. The smallest absolute Gasteiger partial charge is 0.410 e. The number of carbonyl (C=O) groups excluding carboxylic acids is 1. The van der Waals surface area contributed by atoms with Crippen molar-refractivity contribution in [1.29, 1.82) is 0 Å². The number of benzene rings is 1. The van der Waals surface area contributed by atoms with Crippen molar-refractivity contribution < 1.29 is 22.9 Å². The molecule has 1 saturated heterocycles. The van der Waals surface area contributed by atoms with Crippen LogP contribution in [0.5, 0.6) is 0 Å². The van der Waals surface area contributed by atoms with Gasteiger partial charge in [-0.3, -0.25) is 10.1 Å². The van der Waals surface area contributed by atoms with Crippen LogP contribution in [-0.4, -0.2) is 53.3 Å². The summed E-state index contributed by atoms with van der Waals surface area (Å²) in [6.45, 7) is 5.73. The number of piperidine rings is 1. The molecule has 1 amide bonds. The monoisotopic (exact) mass is 427 g/mol. The fourth-order valence-electron chi connectivity index (χ4n) is 2.96. The van der Waals surface area contributed by atoms with Gasteiger partial charge in [0, 0.05) is 25.2 Å². The maximum Gasteiger partial charge on any atom is 0.410 e. The molecule has 28 heavy (non-hydrogen) atoms. The first-order chi connectivity index (χ1) is 13.0. The second-order valence-electron chi connectivity index (χ2n) is 7.62. The molecule has 1 aromatic carbocycles. The van der Waals surface area contributed by atoms with E-state index in [0.717, 1.165) is 11.3 Å². The summed E-state index contributed by atoms with van der Waals surface area (Å²) in [7, 11) is -3.78. The highest BCUT2D eigenvalue weighted by Crippen LogP contribution is 2.32. The average Bonchev–Trinajstić information content (AvgIpc) is 3.04. The summed E-state index contributed by atoms with van der Waals surface area (Å²) >= 11 is 0.982. The number of aromatic nitrogens is 1. The molecule has 0 aliphatic carbocycles. The van der Waals surface area contributed by atoms with E-state index in [9.17, 15) is 23.3 Å². The number of likely N-dealkylation sites (tertiary alicyclic amines) is 1. The summed E-state index contributed by atoms with van der Waals surface area (Å²) in [5.74, 6) is 0. The van der Waals surface area contributed by atoms with Gasteiger partial charge in [0.15, 0.2) is 0 Å². The molecular weight excluding hydrogens is 406 g/mol. The van der Waals surface area contributed by atoms with E-state index in [-0.39, 0.29) is 22.1 Å². The predicted molar refractivity (Wildman–Crippen MR) is 104 cm³/mol. The number of sulfone groups is 1. The first-order valence-electron chi connectivity index (χ1n) is 8.74. The van der Waals surface area contributed by atoms with Gasteiger partial charge in [-0.15, -0.1) is 11.3 Å². The van der Waals surface area contributed by atoms with Crippen molar-refractivity contribution in [3.63, 3.8) is 0 Å². The van der Waals surface area contributed by atoms with Crippen LogP contribution < -0.4 is 0 Å². The fraction of sp³-hybridized carbons (Fsp3) is 0.529. The Kier molecular flexibility index (Phi) is 5.32. The van der Waals surface area contributed by atoms with Crippen LogP contribution in [0.3, 0.4) is 0 Å². The van der Waals surface area contributed by atoms with Gasteiger partial charge in [-0.2, -0.15) is 0 Å². The summed E-state index contributed by atoms with van der Waals surface area (Å²) in [5, 5.41) is 10.1. The number of nitro benzene ring substituents is 1. The molecule has 0 N–H and O–H groups in total. The van der Waals surface area contributed by atoms with Crippen molar-refractivity contribution in [3.8, 4) is 0 Å². The zero-order valence-electron chi connectivity index (χ0n) is 15.7. The summed E-state index contributed by atoms with van der Waals surface area (Å²) in [5.41, 5.74) is -0.530. The third kappa shape index (κ3) is 4.25. The van der Waals surface area contributed by atoms with Crippen LogP contribution in [0.1, 0.15) is 33.6 Å². The molecule has 0 spiro atoms. The zero-order valence-corrected chi connectivity index (χ0v) is 17.4. The van der Waals surface area contributed by atoms with Crippen molar-refractivity contribution in [2.75, 3.05) is 13.1 Å². The Balaban J connectivity index is 1.84. The molecule has 2 heterocycles. The molecule has 11 heteroatoms. The molecule has 1 aliphatic rings. The van der Waals surface area contributed by atoms with Gasteiger partial charge in [-0.25, -0.2) is 18.2 Å². The minimum absolute atomic E-state index is 0.0350. The Morgan fingerprint density at radius 2 is 2.11 bits per heavy atom. The van der Waals surface area contributed by atoms with Gasteiger partial charge in [-0.1, -0.05) is 0 Å². The van der Waals surface area contributed by atoms with Crippen molar-refractivity contribution in [1.82, 2.24) is 9.88 Å². The van der Waals surface area contributed by atoms with E-state index in [2.05, 4.69) is 4.98 Å². The quantitative estimate of drug-likeness (QED) is 0.544. The molecule has 1 aromatic heterocycles. The molecule has 1 aliphatic heterocycles. The van der Waals surface area contributed by atoms with Crippen LogP contribution >= 0.6 is 11.3 Å². The van der Waals surface area contributed by atoms with E-state index in [1.54, 1.807) is 20.8 Å². The van der Waals surface area contributed by atoms with Gasteiger partial charge in [0.25, 0.3) is 5.69 Å².